The predicted octanol–water partition coefficient (Wildman–Crippen LogP) is 2.99. The van der Waals surface area contributed by atoms with Crippen molar-refractivity contribution in [2.75, 3.05) is 0 Å². The number of hydrogen-bond acceptors (Lipinski definition) is 3. The van der Waals surface area contributed by atoms with Crippen LogP contribution in [0.2, 0.25) is 0 Å². The van der Waals surface area contributed by atoms with E-state index >= 15 is 0 Å². The minimum Gasteiger partial charge on any atom is -0.293 e. The first kappa shape index (κ1) is 8.38. The first-order valence-electron chi connectivity index (χ1n) is 3.85. The minimum atomic E-state index is 0.0463. The number of rotatable bonds is 2. The van der Waals surface area contributed by atoms with E-state index in [0.29, 0.717) is 11.6 Å². The summed E-state index contributed by atoms with van der Waals surface area (Å²) in [6.07, 6.45) is 2.47. The summed E-state index contributed by atoms with van der Waals surface area (Å²) >= 11 is 4.95. The summed E-state index contributed by atoms with van der Waals surface area (Å²) in [6, 6.07) is 0. The van der Waals surface area contributed by atoms with Crippen LogP contribution >= 0.6 is 27.3 Å². The fourth-order valence-electron chi connectivity index (χ4n) is 1.04. The Morgan fingerprint density at radius 3 is 2.75 bits per heavy atom. The van der Waals surface area contributed by atoms with E-state index in [-0.39, 0.29) is 5.78 Å². The Balaban J connectivity index is 2.36. The molecule has 0 spiro atoms. The largest absolute Gasteiger partial charge is 0.293 e. The normalized spacial score (nSPS) is 16.5. The lowest BCUT2D eigenvalue weighted by Crippen LogP contribution is -1.93. The van der Waals surface area contributed by atoms with Gasteiger partial charge >= 0.3 is 0 Å². The molecule has 0 bridgehead atoms. The summed E-state index contributed by atoms with van der Waals surface area (Å²) < 4.78 is 0.886. The zero-order valence-electron chi connectivity index (χ0n) is 6.63. The second kappa shape index (κ2) is 2.92. The zero-order chi connectivity index (χ0) is 8.72. The Morgan fingerprint density at radius 1 is 1.67 bits per heavy atom. The van der Waals surface area contributed by atoms with Crippen molar-refractivity contribution >= 4 is 33.0 Å². The molecule has 0 aliphatic heterocycles. The monoisotopic (exact) mass is 245 g/mol. The van der Waals surface area contributed by atoms with E-state index in [9.17, 15) is 4.79 Å². The highest BCUT2D eigenvalue weighted by molar-refractivity contribution is 9.11. The second-order valence-electron chi connectivity index (χ2n) is 3.00. The van der Waals surface area contributed by atoms with Gasteiger partial charge in [0.05, 0.1) is 5.01 Å². The van der Waals surface area contributed by atoms with E-state index in [0.717, 1.165) is 8.79 Å². The van der Waals surface area contributed by atoms with E-state index in [4.69, 9.17) is 0 Å². The molecule has 2 nitrogen and oxygen atoms in total. The lowest BCUT2D eigenvalue weighted by Gasteiger charge is -1.85. The van der Waals surface area contributed by atoms with Gasteiger partial charge in [-0.2, -0.15) is 0 Å². The number of carbonyl (C=O) groups excluding carboxylic acids is 1. The number of hydrogen-bond donors (Lipinski definition) is 0. The van der Waals surface area contributed by atoms with E-state index in [1.807, 2.05) is 0 Å². The van der Waals surface area contributed by atoms with Crippen molar-refractivity contribution in [3.8, 4) is 0 Å². The highest BCUT2D eigenvalue weighted by atomic mass is 79.9. The van der Waals surface area contributed by atoms with Gasteiger partial charge in [0.15, 0.2) is 5.78 Å². The average Bonchev–Trinajstić information content (AvgIpc) is 2.75. The average molecular weight is 246 g/mol. The van der Waals surface area contributed by atoms with Crippen LogP contribution in [0.4, 0.5) is 0 Å². The zero-order valence-corrected chi connectivity index (χ0v) is 9.04. The van der Waals surface area contributed by atoms with Crippen molar-refractivity contribution in [2.24, 2.45) is 0 Å². The van der Waals surface area contributed by atoms with Gasteiger partial charge < -0.3 is 0 Å². The molecule has 1 aliphatic rings. The van der Waals surface area contributed by atoms with E-state index < -0.39 is 0 Å². The maximum absolute atomic E-state index is 11.0. The van der Waals surface area contributed by atoms with Crippen molar-refractivity contribution in [1.82, 2.24) is 4.98 Å². The molecule has 1 aromatic heterocycles. The molecule has 1 aromatic rings. The summed E-state index contributed by atoms with van der Waals surface area (Å²) in [6.45, 7) is 1.55. The SMILES string of the molecule is CC(=O)c1nc(C2CC2)sc1Br. The van der Waals surface area contributed by atoms with Crippen LogP contribution in [0.15, 0.2) is 3.79 Å². The van der Waals surface area contributed by atoms with Gasteiger partial charge in [0.25, 0.3) is 0 Å². The smallest absolute Gasteiger partial charge is 0.180 e. The van der Waals surface area contributed by atoms with Crippen molar-refractivity contribution in [1.29, 1.82) is 0 Å². The number of carbonyl (C=O) groups is 1. The van der Waals surface area contributed by atoms with Gasteiger partial charge in [-0.3, -0.25) is 4.79 Å². The van der Waals surface area contributed by atoms with Crippen molar-refractivity contribution in [3.05, 3.63) is 14.5 Å². The molecule has 0 unspecified atom stereocenters. The van der Waals surface area contributed by atoms with Crippen LogP contribution in [0.3, 0.4) is 0 Å². The fraction of sp³-hybridized carbons (Fsp3) is 0.500. The lowest BCUT2D eigenvalue weighted by molar-refractivity contribution is 0.101. The van der Waals surface area contributed by atoms with Gasteiger partial charge in [0, 0.05) is 12.8 Å². The summed E-state index contributed by atoms with van der Waals surface area (Å²) in [5, 5.41) is 1.12. The fourth-order valence-corrected chi connectivity index (χ4v) is 2.91. The van der Waals surface area contributed by atoms with Gasteiger partial charge in [-0.1, -0.05) is 0 Å². The first-order valence-corrected chi connectivity index (χ1v) is 5.46. The van der Waals surface area contributed by atoms with Gasteiger partial charge in [0.2, 0.25) is 0 Å². The molecule has 0 aromatic carbocycles. The number of halogens is 1. The Labute approximate surface area is 83.1 Å². The molecule has 12 heavy (non-hydrogen) atoms. The van der Waals surface area contributed by atoms with E-state index in [2.05, 4.69) is 20.9 Å². The van der Waals surface area contributed by atoms with Crippen molar-refractivity contribution in [2.45, 2.75) is 25.7 Å². The molecule has 0 saturated heterocycles. The van der Waals surface area contributed by atoms with Gasteiger partial charge in [0.1, 0.15) is 9.48 Å². The molecule has 1 aliphatic carbocycles. The van der Waals surface area contributed by atoms with Crippen LogP contribution in [0.5, 0.6) is 0 Å². The predicted molar refractivity (Wildman–Crippen MR) is 51.8 cm³/mol. The van der Waals surface area contributed by atoms with E-state index in [1.54, 1.807) is 18.3 Å². The summed E-state index contributed by atoms with van der Waals surface area (Å²) in [5.41, 5.74) is 0.599. The topological polar surface area (TPSA) is 30.0 Å². The van der Waals surface area contributed by atoms with Gasteiger partial charge in [-0.05, 0) is 28.8 Å². The van der Waals surface area contributed by atoms with Crippen molar-refractivity contribution in [3.63, 3.8) is 0 Å². The summed E-state index contributed by atoms with van der Waals surface area (Å²) in [7, 11) is 0. The second-order valence-corrected chi connectivity index (χ2v) is 5.35. The molecule has 1 heterocycles. The Bertz CT molecular complexity index is 330. The molecule has 0 N–H and O–H groups in total. The van der Waals surface area contributed by atoms with E-state index in [1.165, 1.54) is 12.8 Å². The van der Waals surface area contributed by atoms with Crippen LogP contribution in [0, 0.1) is 0 Å². The van der Waals surface area contributed by atoms with Crippen molar-refractivity contribution < 1.29 is 4.79 Å². The quantitative estimate of drug-likeness (QED) is 0.751. The molecular weight excluding hydrogens is 238 g/mol. The molecule has 0 amide bonds. The molecule has 4 heteroatoms. The molecule has 1 saturated carbocycles. The first-order chi connectivity index (χ1) is 5.68. The summed E-state index contributed by atoms with van der Waals surface area (Å²) in [4.78, 5) is 15.3. The molecule has 0 atom stereocenters. The van der Waals surface area contributed by atoms with Crippen LogP contribution in [0.25, 0.3) is 0 Å². The number of thiazole rings is 1. The number of nitrogens with zero attached hydrogens (tertiary/aromatic N) is 1. The number of ketones is 1. The molecule has 0 radical (unpaired) electrons. The highest BCUT2D eigenvalue weighted by Gasteiger charge is 2.28. The Kier molecular flexibility index (Phi) is 2.04. The maximum Gasteiger partial charge on any atom is 0.180 e. The standard InChI is InChI=1S/C8H8BrNOS/c1-4(11)6-7(9)12-8(10-6)5-2-3-5/h5H,2-3H2,1H3. The molecular formula is C8H8BrNOS. The van der Waals surface area contributed by atoms with Crippen LogP contribution in [-0.4, -0.2) is 10.8 Å². The maximum atomic E-state index is 11.0. The Morgan fingerprint density at radius 2 is 2.33 bits per heavy atom. The highest BCUT2D eigenvalue weighted by Crippen LogP contribution is 2.43. The molecule has 2 rings (SSSR count). The van der Waals surface area contributed by atoms with Gasteiger partial charge in [-0.15, -0.1) is 11.3 Å². The number of aromatic nitrogens is 1. The molecule has 64 valence electrons. The van der Waals surface area contributed by atoms with Gasteiger partial charge in [-0.25, -0.2) is 4.98 Å². The Hall–Kier alpha value is -0.220. The third kappa shape index (κ3) is 1.45. The minimum absolute atomic E-state index is 0.0463. The third-order valence-electron chi connectivity index (χ3n) is 1.86. The lowest BCUT2D eigenvalue weighted by atomic mass is 10.3. The third-order valence-corrected chi connectivity index (χ3v) is 3.73. The van der Waals surface area contributed by atoms with Crippen LogP contribution in [0.1, 0.15) is 41.2 Å². The number of Topliss-reactive ketones (excluding diaryl/α,β-unsaturated/α-hetero) is 1. The summed E-state index contributed by atoms with van der Waals surface area (Å²) in [5.74, 6) is 0.685. The van der Waals surface area contributed by atoms with Crippen LogP contribution < -0.4 is 0 Å². The van der Waals surface area contributed by atoms with Crippen LogP contribution in [-0.2, 0) is 0 Å². The molecule has 1 fully saturated rings.